The fraction of sp³-hybridized carbons (Fsp3) is 0.438. The lowest BCUT2D eigenvalue weighted by Gasteiger charge is -2.17. The summed E-state index contributed by atoms with van der Waals surface area (Å²) in [4.78, 5) is 4.56. The van der Waals surface area contributed by atoms with Gasteiger partial charge in [-0.05, 0) is 56.0 Å². The van der Waals surface area contributed by atoms with E-state index in [2.05, 4.69) is 54.6 Å². The Balaban J connectivity index is 1.99. The smallest absolute Gasteiger partial charge is 0.0705 e. The first-order valence-electron chi connectivity index (χ1n) is 6.73. The Morgan fingerprint density at radius 2 is 2.06 bits per heavy atom. The monoisotopic (exact) mass is 240 g/mol. The average molecular weight is 240 g/mol. The van der Waals surface area contributed by atoms with E-state index in [0.717, 1.165) is 23.0 Å². The van der Waals surface area contributed by atoms with Crippen LogP contribution < -0.4 is 5.32 Å². The van der Waals surface area contributed by atoms with Gasteiger partial charge in [0, 0.05) is 17.1 Å². The summed E-state index contributed by atoms with van der Waals surface area (Å²) in [5, 5.41) is 4.71. The number of hydrogen-bond donors (Lipinski definition) is 1. The first-order chi connectivity index (χ1) is 8.69. The van der Waals surface area contributed by atoms with Crippen LogP contribution in [-0.4, -0.2) is 12.0 Å². The van der Waals surface area contributed by atoms with E-state index < -0.39 is 0 Å². The number of aryl methyl sites for hydroxylation is 1. The number of rotatable bonds is 3. The lowest BCUT2D eigenvalue weighted by atomic mass is 9.99. The summed E-state index contributed by atoms with van der Waals surface area (Å²) in [6.07, 6.45) is 1.34. The van der Waals surface area contributed by atoms with Gasteiger partial charge >= 0.3 is 0 Å². The van der Waals surface area contributed by atoms with E-state index in [1.165, 1.54) is 17.4 Å². The van der Waals surface area contributed by atoms with Crippen molar-refractivity contribution in [1.29, 1.82) is 0 Å². The third-order valence-corrected chi connectivity index (χ3v) is 4.12. The maximum atomic E-state index is 4.56. The highest BCUT2D eigenvalue weighted by atomic mass is 14.9. The minimum atomic E-state index is 0.491. The van der Waals surface area contributed by atoms with E-state index in [-0.39, 0.29) is 0 Å². The molecule has 1 N–H and O–H groups in total. The van der Waals surface area contributed by atoms with E-state index >= 15 is 0 Å². The van der Waals surface area contributed by atoms with Crippen LogP contribution in [0.3, 0.4) is 0 Å². The van der Waals surface area contributed by atoms with Gasteiger partial charge in [-0.2, -0.15) is 0 Å². The molecule has 18 heavy (non-hydrogen) atoms. The van der Waals surface area contributed by atoms with Gasteiger partial charge in [-0.25, -0.2) is 0 Å². The molecule has 2 heteroatoms. The van der Waals surface area contributed by atoms with Gasteiger partial charge in [0.25, 0.3) is 0 Å². The second-order valence-electron chi connectivity index (χ2n) is 5.55. The summed E-state index contributed by atoms with van der Waals surface area (Å²) in [7, 11) is 2.06. The largest absolute Gasteiger partial charge is 0.313 e. The van der Waals surface area contributed by atoms with Gasteiger partial charge in [-0.15, -0.1) is 0 Å². The van der Waals surface area contributed by atoms with E-state index in [1.807, 2.05) is 6.92 Å². The van der Waals surface area contributed by atoms with Gasteiger partial charge in [0.05, 0.1) is 5.52 Å². The molecule has 1 fully saturated rings. The fourth-order valence-corrected chi connectivity index (χ4v) is 2.88. The van der Waals surface area contributed by atoms with Crippen LogP contribution in [0.5, 0.6) is 0 Å². The van der Waals surface area contributed by atoms with Crippen molar-refractivity contribution >= 4 is 10.9 Å². The predicted molar refractivity (Wildman–Crippen MR) is 75.6 cm³/mol. The summed E-state index contributed by atoms with van der Waals surface area (Å²) < 4.78 is 0. The molecule has 2 nitrogen and oxygen atoms in total. The minimum Gasteiger partial charge on any atom is -0.313 e. The first-order valence-corrected chi connectivity index (χ1v) is 6.73. The normalized spacial score (nSPS) is 24.2. The summed E-state index contributed by atoms with van der Waals surface area (Å²) >= 11 is 0. The van der Waals surface area contributed by atoms with Crippen molar-refractivity contribution in [2.24, 2.45) is 11.8 Å². The second-order valence-corrected chi connectivity index (χ2v) is 5.55. The van der Waals surface area contributed by atoms with Crippen LogP contribution in [-0.2, 0) is 0 Å². The minimum absolute atomic E-state index is 0.491. The van der Waals surface area contributed by atoms with Crippen molar-refractivity contribution < 1.29 is 0 Å². The van der Waals surface area contributed by atoms with Crippen molar-refractivity contribution in [3.8, 4) is 0 Å². The molecule has 1 aliphatic rings. The summed E-state index contributed by atoms with van der Waals surface area (Å²) in [6.45, 7) is 4.37. The van der Waals surface area contributed by atoms with Crippen LogP contribution in [0.1, 0.15) is 30.6 Å². The van der Waals surface area contributed by atoms with E-state index in [9.17, 15) is 0 Å². The zero-order chi connectivity index (χ0) is 12.7. The molecular weight excluding hydrogens is 220 g/mol. The van der Waals surface area contributed by atoms with Gasteiger partial charge in [-0.1, -0.05) is 19.1 Å². The Labute approximate surface area is 108 Å². The lowest BCUT2D eigenvalue weighted by Crippen LogP contribution is -2.19. The molecule has 3 rings (SSSR count). The van der Waals surface area contributed by atoms with Crippen molar-refractivity contribution in [3.63, 3.8) is 0 Å². The van der Waals surface area contributed by atoms with Gasteiger partial charge in [-0.3, -0.25) is 4.98 Å². The number of nitrogens with zero attached hydrogens (tertiary/aromatic N) is 1. The zero-order valence-corrected chi connectivity index (χ0v) is 11.3. The van der Waals surface area contributed by atoms with Gasteiger partial charge < -0.3 is 5.32 Å². The molecule has 0 bridgehead atoms. The Morgan fingerprint density at radius 1 is 1.28 bits per heavy atom. The number of pyridine rings is 1. The number of benzene rings is 1. The highest BCUT2D eigenvalue weighted by Crippen LogP contribution is 2.46. The topological polar surface area (TPSA) is 24.9 Å². The Morgan fingerprint density at radius 3 is 2.72 bits per heavy atom. The fourth-order valence-electron chi connectivity index (χ4n) is 2.88. The summed E-state index contributed by atoms with van der Waals surface area (Å²) in [5.74, 6) is 1.65. The lowest BCUT2D eigenvalue weighted by molar-refractivity contribution is 0.504. The third-order valence-electron chi connectivity index (χ3n) is 4.12. The maximum Gasteiger partial charge on any atom is 0.0705 e. The van der Waals surface area contributed by atoms with Crippen molar-refractivity contribution in [3.05, 3.63) is 41.6 Å². The Kier molecular flexibility index (Phi) is 2.83. The van der Waals surface area contributed by atoms with Crippen LogP contribution >= 0.6 is 0 Å². The SMILES string of the molecule is CNC(c1ccc2nc(C)ccc2c1)C1CC1C. The molecule has 0 saturated heterocycles. The van der Waals surface area contributed by atoms with Gasteiger partial charge in [0.2, 0.25) is 0 Å². The van der Waals surface area contributed by atoms with Crippen molar-refractivity contribution in [2.75, 3.05) is 7.05 Å². The molecule has 1 aliphatic carbocycles. The number of aromatic nitrogens is 1. The number of fused-ring (bicyclic) bond motifs is 1. The quantitative estimate of drug-likeness (QED) is 0.888. The Bertz CT molecular complexity index is 576. The molecule has 0 aliphatic heterocycles. The summed E-state index contributed by atoms with van der Waals surface area (Å²) in [6, 6.07) is 11.4. The van der Waals surface area contributed by atoms with Crippen molar-refractivity contribution in [1.82, 2.24) is 10.3 Å². The van der Waals surface area contributed by atoms with Gasteiger partial charge in [0.15, 0.2) is 0 Å². The van der Waals surface area contributed by atoms with Crippen LogP contribution in [0, 0.1) is 18.8 Å². The highest BCUT2D eigenvalue weighted by Gasteiger charge is 2.39. The molecule has 3 atom stereocenters. The standard InChI is InChI=1S/C16H20N2/c1-10-8-14(10)16(17-3)13-6-7-15-12(9-13)5-4-11(2)18-15/h4-7,9-10,14,16-17H,8H2,1-3H3. The summed E-state index contributed by atoms with van der Waals surface area (Å²) in [5.41, 5.74) is 3.57. The van der Waals surface area contributed by atoms with Crippen molar-refractivity contribution in [2.45, 2.75) is 26.3 Å². The molecule has 0 radical (unpaired) electrons. The average Bonchev–Trinajstić information content (AvgIpc) is 3.07. The van der Waals surface area contributed by atoms with Crippen LogP contribution in [0.15, 0.2) is 30.3 Å². The first kappa shape index (κ1) is 11.7. The molecule has 0 amide bonds. The molecule has 1 heterocycles. The van der Waals surface area contributed by atoms with E-state index in [0.29, 0.717) is 6.04 Å². The molecule has 1 aromatic heterocycles. The third kappa shape index (κ3) is 2.01. The zero-order valence-electron chi connectivity index (χ0n) is 11.3. The van der Waals surface area contributed by atoms with Crippen LogP contribution in [0.4, 0.5) is 0 Å². The Hall–Kier alpha value is -1.41. The second kappa shape index (κ2) is 4.36. The molecule has 1 aromatic carbocycles. The number of hydrogen-bond acceptors (Lipinski definition) is 2. The molecule has 94 valence electrons. The molecule has 3 unspecified atom stereocenters. The predicted octanol–water partition coefficient (Wildman–Crippen LogP) is 3.46. The molecule has 1 saturated carbocycles. The van der Waals surface area contributed by atoms with Gasteiger partial charge in [0.1, 0.15) is 0 Å². The number of nitrogens with one attached hydrogen (secondary N) is 1. The van der Waals surface area contributed by atoms with E-state index in [4.69, 9.17) is 0 Å². The van der Waals surface area contributed by atoms with Crippen LogP contribution in [0.2, 0.25) is 0 Å². The van der Waals surface area contributed by atoms with E-state index in [1.54, 1.807) is 0 Å². The molecule has 2 aromatic rings. The highest BCUT2D eigenvalue weighted by molar-refractivity contribution is 5.79. The molecule has 0 spiro atoms. The van der Waals surface area contributed by atoms with Crippen LogP contribution in [0.25, 0.3) is 10.9 Å². The molecular formula is C16H20N2. The maximum absolute atomic E-state index is 4.56.